The molecule has 4 heteroatoms. The number of fused-ring (bicyclic) bond motifs is 1. The minimum absolute atomic E-state index is 0.860. The zero-order valence-electron chi connectivity index (χ0n) is 15.2. The van der Waals surface area contributed by atoms with Crippen molar-refractivity contribution in [3.63, 3.8) is 0 Å². The number of hydrogen-bond acceptors (Lipinski definition) is 4. The molecule has 4 nitrogen and oxygen atoms in total. The molecule has 0 unspecified atom stereocenters. The van der Waals surface area contributed by atoms with E-state index >= 15 is 0 Å². The van der Waals surface area contributed by atoms with Gasteiger partial charge in [-0.3, -0.25) is 4.90 Å². The topological polar surface area (TPSA) is 32.3 Å². The van der Waals surface area contributed by atoms with E-state index in [0.717, 1.165) is 37.7 Å². The first-order valence-corrected chi connectivity index (χ1v) is 9.61. The molecule has 0 amide bonds. The molecule has 132 valence electrons. The van der Waals surface area contributed by atoms with Crippen LogP contribution in [0.25, 0.3) is 0 Å². The highest BCUT2D eigenvalue weighted by Gasteiger charge is 2.24. The molecule has 0 aliphatic carbocycles. The fourth-order valence-corrected chi connectivity index (χ4v) is 4.24. The number of nitrogens with zero attached hydrogens (tertiary/aromatic N) is 4. The van der Waals surface area contributed by atoms with Crippen molar-refractivity contribution in [1.29, 1.82) is 0 Å². The summed E-state index contributed by atoms with van der Waals surface area (Å²) in [6.45, 7) is 7.93. The predicted octanol–water partition coefficient (Wildman–Crippen LogP) is 3.45. The maximum atomic E-state index is 4.53. The number of rotatable bonds is 5. The number of aryl methyl sites for hydroxylation is 1. The summed E-state index contributed by atoms with van der Waals surface area (Å²) in [6.07, 6.45) is 6.78. The van der Waals surface area contributed by atoms with E-state index in [9.17, 15) is 0 Å². The largest absolute Gasteiger partial charge is 0.356 e. The zero-order chi connectivity index (χ0) is 17.1. The quantitative estimate of drug-likeness (QED) is 0.837. The van der Waals surface area contributed by atoms with Gasteiger partial charge in [-0.1, -0.05) is 30.3 Å². The lowest BCUT2D eigenvalue weighted by molar-refractivity contribution is 0.173. The molecule has 0 radical (unpaired) electrons. The molecule has 2 aliphatic heterocycles. The maximum absolute atomic E-state index is 4.53. The molecule has 0 saturated carbocycles. The summed E-state index contributed by atoms with van der Waals surface area (Å²) >= 11 is 0. The minimum Gasteiger partial charge on any atom is -0.356 e. The third-order valence-corrected chi connectivity index (χ3v) is 5.83. The summed E-state index contributed by atoms with van der Waals surface area (Å²) < 4.78 is 0. The summed E-state index contributed by atoms with van der Waals surface area (Å²) in [4.78, 5) is 13.9. The number of likely N-dealkylation sites (tertiary alicyclic amines) is 1. The first-order chi connectivity index (χ1) is 12.3. The molecule has 0 spiro atoms. The van der Waals surface area contributed by atoms with Gasteiger partial charge in [0.15, 0.2) is 0 Å². The Labute approximate surface area is 150 Å². The second-order valence-corrected chi connectivity index (χ2v) is 7.49. The Morgan fingerprint density at radius 3 is 2.64 bits per heavy atom. The van der Waals surface area contributed by atoms with Gasteiger partial charge >= 0.3 is 0 Å². The van der Waals surface area contributed by atoms with E-state index in [1.807, 2.05) is 0 Å². The molecule has 2 aliphatic rings. The molecule has 4 rings (SSSR count). The van der Waals surface area contributed by atoms with Crippen LogP contribution < -0.4 is 4.90 Å². The lowest BCUT2D eigenvalue weighted by Gasteiger charge is -2.33. The van der Waals surface area contributed by atoms with E-state index in [1.165, 1.54) is 49.3 Å². The van der Waals surface area contributed by atoms with Gasteiger partial charge in [-0.25, -0.2) is 9.97 Å². The molecule has 1 aromatic heterocycles. The van der Waals surface area contributed by atoms with Crippen molar-refractivity contribution in [3.8, 4) is 0 Å². The Morgan fingerprint density at radius 2 is 1.84 bits per heavy atom. The first-order valence-electron chi connectivity index (χ1n) is 9.61. The van der Waals surface area contributed by atoms with Crippen molar-refractivity contribution in [2.45, 2.75) is 39.2 Å². The Balaban J connectivity index is 1.24. The van der Waals surface area contributed by atoms with Crippen molar-refractivity contribution < 1.29 is 0 Å². The predicted molar refractivity (Wildman–Crippen MR) is 102 cm³/mol. The van der Waals surface area contributed by atoms with Crippen molar-refractivity contribution in [2.75, 3.05) is 31.1 Å². The number of benzene rings is 1. The van der Waals surface area contributed by atoms with E-state index in [-0.39, 0.29) is 0 Å². The molecule has 1 aromatic carbocycles. The Bertz CT molecular complexity index is 692. The van der Waals surface area contributed by atoms with Gasteiger partial charge in [0.25, 0.3) is 0 Å². The van der Waals surface area contributed by atoms with Gasteiger partial charge in [-0.05, 0) is 57.2 Å². The van der Waals surface area contributed by atoms with Gasteiger partial charge in [0, 0.05) is 30.9 Å². The van der Waals surface area contributed by atoms with Crippen LogP contribution in [-0.2, 0) is 13.0 Å². The molecule has 2 aromatic rings. The molecule has 1 fully saturated rings. The molecular weight excluding hydrogens is 308 g/mol. The summed E-state index contributed by atoms with van der Waals surface area (Å²) in [5.41, 5.74) is 3.95. The Kier molecular flexibility index (Phi) is 4.97. The summed E-state index contributed by atoms with van der Waals surface area (Å²) in [6, 6.07) is 10.8. The van der Waals surface area contributed by atoms with Crippen molar-refractivity contribution in [3.05, 3.63) is 53.5 Å². The number of hydrogen-bond donors (Lipinski definition) is 0. The molecule has 0 atom stereocenters. The van der Waals surface area contributed by atoms with Gasteiger partial charge in [0.1, 0.15) is 12.1 Å². The fourth-order valence-electron chi connectivity index (χ4n) is 4.24. The number of aromatic nitrogens is 2. The molecule has 0 bridgehead atoms. The Morgan fingerprint density at radius 1 is 1.04 bits per heavy atom. The second-order valence-electron chi connectivity index (χ2n) is 7.49. The van der Waals surface area contributed by atoms with Gasteiger partial charge in [-0.15, -0.1) is 0 Å². The minimum atomic E-state index is 0.860. The van der Waals surface area contributed by atoms with E-state index in [4.69, 9.17) is 0 Å². The molecular formula is C21H28N4. The summed E-state index contributed by atoms with van der Waals surface area (Å²) in [7, 11) is 0. The lowest BCUT2D eigenvalue weighted by atomic mass is 9.93. The highest BCUT2D eigenvalue weighted by atomic mass is 15.2. The van der Waals surface area contributed by atoms with E-state index in [2.05, 4.69) is 57.0 Å². The van der Waals surface area contributed by atoms with Crippen LogP contribution in [0.4, 0.5) is 5.82 Å². The van der Waals surface area contributed by atoms with E-state index in [1.54, 1.807) is 6.33 Å². The lowest BCUT2D eigenvalue weighted by Crippen LogP contribution is -2.34. The SMILES string of the molecule is Cc1ncnc2c1CCN2CCC1CCN(Cc2ccccc2)CC1. The monoisotopic (exact) mass is 336 g/mol. The number of anilines is 1. The van der Waals surface area contributed by atoms with Crippen LogP contribution in [0.1, 0.15) is 36.1 Å². The summed E-state index contributed by atoms with van der Waals surface area (Å²) in [5.74, 6) is 2.05. The summed E-state index contributed by atoms with van der Waals surface area (Å²) in [5, 5.41) is 0. The fraction of sp³-hybridized carbons (Fsp3) is 0.524. The van der Waals surface area contributed by atoms with Crippen LogP contribution in [0.15, 0.2) is 36.7 Å². The van der Waals surface area contributed by atoms with Crippen molar-refractivity contribution in [2.24, 2.45) is 5.92 Å². The second kappa shape index (κ2) is 7.52. The standard InChI is InChI=1S/C21H28N4/c1-17-20-10-14-25(21(20)23-16-22-17)13-9-18-7-11-24(12-8-18)15-19-5-3-2-4-6-19/h2-6,16,18H,7-15H2,1H3. The van der Waals surface area contributed by atoms with Crippen LogP contribution in [0, 0.1) is 12.8 Å². The van der Waals surface area contributed by atoms with Crippen LogP contribution in [-0.4, -0.2) is 41.0 Å². The maximum Gasteiger partial charge on any atom is 0.135 e. The first kappa shape index (κ1) is 16.5. The third-order valence-electron chi connectivity index (χ3n) is 5.83. The Hall–Kier alpha value is -1.94. The van der Waals surface area contributed by atoms with Crippen LogP contribution >= 0.6 is 0 Å². The van der Waals surface area contributed by atoms with Crippen LogP contribution in [0.3, 0.4) is 0 Å². The van der Waals surface area contributed by atoms with Gasteiger partial charge < -0.3 is 4.90 Å². The normalized spacial score (nSPS) is 18.5. The highest BCUT2D eigenvalue weighted by Crippen LogP contribution is 2.29. The average Bonchev–Trinajstić information content (AvgIpc) is 3.07. The molecule has 1 saturated heterocycles. The molecule has 25 heavy (non-hydrogen) atoms. The highest BCUT2D eigenvalue weighted by molar-refractivity contribution is 5.53. The zero-order valence-corrected chi connectivity index (χ0v) is 15.2. The van der Waals surface area contributed by atoms with Crippen molar-refractivity contribution >= 4 is 5.82 Å². The van der Waals surface area contributed by atoms with Crippen molar-refractivity contribution in [1.82, 2.24) is 14.9 Å². The number of piperidine rings is 1. The van der Waals surface area contributed by atoms with Gasteiger partial charge in [-0.2, -0.15) is 0 Å². The molecule has 3 heterocycles. The van der Waals surface area contributed by atoms with E-state index < -0.39 is 0 Å². The van der Waals surface area contributed by atoms with Crippen LogP contribution in [0.2, 0.25) is 0 Å². The average molecular weight is 336 g/mol. The van der Waals surface area contributed by atoms with Crippen LogP contribution in [0.5, 0.6) is 0 Å². The third kappa shape index (κ3) is 3.84. The van der Waals surface area contributed by atoms with Gasteiger partial charge in [0.05, 0.1) is 0 Å². The van der Waals surface area contributed by atoms with E-state index in [0.29, 0.717) is 0 Å². The smallest absolute Gasteiger partial charge is 0.135 e. The molecule has 0 N–H and O–H groups in total. The van der Waals surface area contributed by atoms with Gasteiger partial charge in [0.2, 0.25) is 0 Å².